The van der Waals surface area contributed by atoms with Crippen molar-refractivity contribution in [3.05, 3.63) is 178 Å². The van der Waals surface area contributed by atoms with Gasteiger partial charge in [0.2, 0.25) is 0 Å². The zero-order chi connectivity index (χ0) is 41.2. The molecule has 0 aromatic heterocycles. The third-order valence-electron chi connectivity index (χ3n) is 11.6. The molecule has 6 aromatic carbocycles. The smallest absolute Gasteiger partial charge is 0.343 e. The quantitative estimate of drug-likeness (QED) is 0.0837. The summed E-state index contributed by atoms with van der Waals surface area (Å²) in [4.78, 5) is 39.9. The van der Waals surface area contributed by atoms with E-state index in [1.54, 1.807) is 66.7 Å². The van der Waals surface area contributed by atoms with E-state index < -0.39 is 28.7 Å². The van der Waals surface area contributed by atoms with Gasteiger partial charge >= 0.3 is 17.9 Å². The van der Waals surface area contributed by atoms with Crippen molar-refractivity contribution in [2.75, 3.05) is 33.5 Å². The minimum atomic E-state index is -0.742. The molecule has 60 heavy (non-hydrogen) atoms. The first kappa shape index (κ1) is 36.8. The molecule has 4 heterocycles. The molecule has 11 nitrogen and oxygen atoms in total. The molecule has 10 rings (SSSR count). The normalized spacial score (nSPS) is 18.5. The molecule has 0 saturated heterocycles. The highest BCUT2D eigenvalue weighted by Crippen LogP contribution is 2.53. The van der Waals surface area contributed by atoms with E-state index in [9.17, 15) is 14.4 Å². The van der Waals surface area contributed by atoms with Gasteiger partial charge in [-0.1, -0.05) is 36.4 Å². The number of rotatable bonds is 8. The lowest BCUT2D eigenvalue weighted by atomic mass is 9.77. The lowest BCUT2D eigenvalue weighted by molar-refractivity contribution is 0.0720. The van der Waals surface area contributed by atoms with Crippen molar-refractivity contribution in [3.8, 4) is 40.2 Å². The van der Waals surface area contributed by atoms with Gasteiger partial charge < -0.3 is 37.9 Å². The fourth-order valence-electron chi connectivity index (χ4n) is 8.34. The van der Waals surface area contributed by atoms with Crippen LogP contribution in [0.2, 0.25) is 0 Å². The van der Waals surface area contributed by atoms with E-state index in [0.29, 0.717) is 58.8 Å². The molecule has 4 aliphatic rings. The van der Waals surface area contributed by atoms with Crippen LogP contribution in [-0.2, 0) is 15.6 Å². The van der Waals surface area contributed by atoms with Crippen molar-refractivity contribution in [1.82, 2.24) is 0 Å². The van der Waals surface area contributed by atoms with Crippen LogP contribution in [0.15, 0.2) is 128 Å². The third-order valence-corrected chi connectivity index (χ3v) is 11.6. The van der Waals surface area contributed by atoms with Gasteiger partial charge in [-0.3, -0.25) is 0 Å². The SMILES string of the molecule is C=C(OC)c1cccc(C(=O)Oc2ccc3c(c2)C2(COc4ccc(OC(=O)c5ccc(C(=O)Oc6ccc7c(c6)C6(COc8ccc(C)cc86)CO7)cc5)cc42)CO3)c1. The summed E-state index contributed by atoms with van der Waals surface area (Å²) < 4.78 is 47.0. The van der Waals surface area contributed by atoms with E-state index in [1.165, 1.54) is 31.4 Å². The molecule has 11 heteroatoms. The number of carbonyl (C=O) groups is 3. The number of hydrogen-bond donors (Lipinski definition) is 0. The molecule has 0 N–H and O–H groups in total. The number of methoxy groups -OCH3 is 1. The van der Waals surface area contributed by atoms with Gasteiger partial charge in [0.1, 0.15) is 72.4 Å². The Balaban J connectivity index is 0.826. The molecule has 0 amide bonds. The van der Waals surface area contributed by atoms with Gasteiger partial charge in [0.25, 0.3) is 0 Å². The van der Waals surface area contributed by atoms with Gasteiger partial charge in [-0.05, 0) is 104 Å². The molecule has 0 bridgehead atoms. The van der Waals surface area contributed by atoms with E-state index in [1.807, 2.05) is 31.2 Å². The molecule has 0 saturated carbocycles. The predicted octanol–water partition coefficient (Wildman–Crippen LogP) is 8.41. The zero-order valence-electron chi connectivity index (χ0n) is 32.6. The largest absolute Gasteiger partial charge is 0.497 e. The molecule has 2 atom stereocenters. The molecular formula is C49H36O11. The predicted molar refractivity (Wildman–Crippen MR) is 218 cm³/mol. The fourth-order valence-corrected chi connectivity index (χ4v) is 8.34. The van der Waals surface area contributed by atoms with Crippen LogP contribution in [0.4, 0.5) is 0 Å². The second-order valence-electron chi connectivity index (χ2n) is 15.2. The molecule has 0 aliphatic carbocycles. The Bertz CT molecular complexity index is 2780. The van der Waals surface area contributed by atoms with E-state index >= 15 is 0 Å². The van der Waals surface area contributed by atoms with Crippen LogP contribution in [0.25, 0.3) is 5.76 Å². The molecule has 2 unspecified atom stereocenters. The van der Waals surface area contributed by atoms with Crippen molar-refractivity contribution in [3.63, 3.8) is 0 Å². The van der Waals surface area contributed by atoms with E-state index in [2.05, 4.69) is 12.6 Å². The Labute approximate surface area is 344 Å². The fraction of sp³-hybridized carbons (Fsp3) is 0.163. The molecule has 298 valence electrons. The highest BCUT2D eigenvalue weighted by molar-refractivity contribution is 5.95. The number of aryl methyl sites for hydroxylation is 1. The average molecular weight is 801 g/mol. The summed E-state index contributed by atoms with van der Waals surface area (Å²) in [5.41, 5.74) is 4.90. The maximum absolute atomic E-state index is 13.4. The maximum atomic E-state index is 13.4. The topological polar surface area (TPSA) is 125 Å². The van der Waals surface area contributed by atoms with Crippen molar-refractivity contribution < 1.29 is 52.3 Å². The maximum Gasteiger partial charge on any atom is 0.343 e. The molecular weight excluding hydrogens is 765 g/mol. The van der Waals surface area contributed by atoms with Crippen molar-refractivity contribution in [1.29, 1.82) is 0 Å². The van der Waals surface area contributed by atoms with Gasteiger partial charge in [-0.2, -0.15) is 0 Å². The van der Waals surface area contributed by atoms with E-state index in [0.717, 1.165) is 39.3 Å². The van der Waals surface area contributed by atoms with Crippen LogP contribution in [0.3, 0.4) is 0 Å². The van der Waals surface area contributed by atoms with Gasteiger partial charge in [-0.15, -0.1) is 0 Å². The Morgan fingerprint density at radius 3 is 1.30 bits per heavy atom. The van der Waals surface area contributed by atoms with Crippen LogP contribution in [0, 0.1) is 6.92 Å². The van der Waals surface area contributed by atoms with E-state index in [4.69, 9.17) is 37.9 Å². The summed E-state index contributed by atoms with van der Waals surface area (Å²) in [6, 6.07) is 34.8. The molecule has 0 fully saturated rings. The first-order valence-corrected chi connectivity index (χ1v) is 19.3. The van der Waals surface area contributed by atoms with Crippen LogP contribution in [0.1, 0.15) is 64.5 Å². The second kappa shape index (κ2) is 14.1. The summed E-state index contributed by atoms with van der Waals surface area (Å²) in [5, 5.41) is 0. The van der Waals surface area contributed by atoms with Crippen molar-refractivity contribution >= 4 is 23.7 Å². The summed E-state index contributed by atoms with van der Waals surface area (Å²) >= 11 is 0. The number of ether oxygens (including phenoxy) is 8. The van der Waals surface area contributed by atoms with Crippen LogP contribution in [-0.4, -0.2) is 51.4 Å². The van der Waals surface area contributed by atoms with E-state index in [-0.39, 0.29) is 24.3 Å². The number of esters is 3. The highest BCUT2D eigenvalue weighted by Gasteiger charge is 2.50. The highest BCUT2D eigenvalue weighted by atomic mass is 16.5. The number of fused-ring (bicyclic) bond motifs is 8. The van der Waals surface area contributed by atoms with Crippen LogP contribution >= 0.6 is 0 Å². The summed E-state index contributed by atoms with van der Waals surface area (Å²) in [5.74, 6) is 2.49. The van der Waals surface area contributed by atoms with Crippen molar-refractivity contribution in [2.45, 2.75) is 17.8 Å². The number of benzene rings is 6. The summed E-state index contributed by atoms with van der Waals surface area (Å²) in [7, 11) is 1.52. The Kier molecular flexibility index (Phi) is 8.64. The minimum Gasteiger partial charge on any atom is -0.497 e. The first-order chi connectivity index (χ1) is 29.1. The Morgan fingerprint density at radius 2 is 0.867 bits per heavy atom. The molecule has 2 spiro atoms. The molecule has 0 radical (unpaired) electrons. The first-order valence-electron chi connectivity index (χ1n) is 19.3. The average Bonchev–Trinajstić information content (AvgIpc) is 4.04. The molecule has 6 aromatic rings. The van der Waals surface area contributed by atoms with Gasteiger partial charge in [0.15, 0.2) is 0 Å². The van der Waals surface area contributed by atoms with Crippen LogP contribution in [0.5, 0.6) is 40.2 Å². The zero-order valence-corrected chi connectivity index (χ0v) is 32.6. The second-order valence-corrected chi connectivity index (χ2v) is 15.2. The van der Waals surface area contributed by atoms with Gasteiger partial charge in [-0.25, -0.2) is 14.4 Å². The standard InChI is InChI=1S/C49H36O11/c1-28-7-15-41-37(19-28)48(24-54-41)25-55-42-16-12-34(21-38(42)48)58-45(50)30-8-10-31(11-9-30)46(51)59-35-13-17-43-39(22-35)49(26-56-43)27-57-44-18-14-36(23-40(44)49)60-47(52)33-6-4-5-32(20-33)29(2)53-3/h4-23H,2,24-27H2,1,3H3. The lowest BCUT2D eigenvalue weighted by Crippen LogP contribution is -2.31. The van der Waals surface area contributed by atoms with Crippen LogP contribution < -0.4 is 33.2 Å². The molecule has 4 aliphatic heterocycles. The van der Waals surface area contributed by atoms with Gasteiger partial charge in [0.05, 0.1) is 34.6 Å². The number of carbonyl (C=O) groups excluding carboxylic acids is 3. The van der Waals surface area contributed by atoms with Gasteiger partial charge in [0, 0.05) is 27.8 Å². The number of hydrogen-bond acceptors (Lipinski definition) is 11. The lowest BCUT2D eigenvalue weighted by Gasteiger charge is -2.21. The minimum absolute atomic E-state index is 0.239. The Hall–Kier alpha value is -7.53. The summed E-state index contributed by atoms with van der Waals surface area (Å²) in [6.07, 6.45) is 0. The summed E-state index contributed by atoms with van der Waals surface area (Å²) in [6.45, 7) is 7.30. The van der Waals surface area contributed by atoms with Crippen molar-refractivity contribution in [2.24, 2.45) is 0 Å². The monoisotopic (exact) mass is 800 g/mol. The third kappa shape index (κ3) is 6.09. The Morgan fingerprint density at radius 1 is 0.483 bits per heavy atom.